The van der Waals surface area contributed by atoms with E-state index < -0.39 is 10.2 Å². The molecule has 4 nitrogen and oxygen atoms in total. The van der Waals surface area contributed by atoms with Gasteiger partial charge in [-0.3, -0.25) is 0 Å². The Balaban J connectivity index is 1.67. The number of benzene rings is 1. The van der Waals surface area contributed by atoms with Crippen molar-refractivity contribution in [3.63, 3.8) is 0 Å². The van der Waals surface area contributed by atoms with E-state index >= 15 is 0 Å². The summed E-state index contributed by atoms with van der Waals surface area (Å²) in [7, 11) is -3.41. The smallest absolute Gasteiger partial charge is 0.207 e. The Kier molecular flexibility index (Phi) is 4.80. The normalized spacial score (nSPS) is 24.1. The predicted octanol–water partition coefficient (Wildman–Crippen LogP) is 2.61. The Morgan fingerprint density at radius 3 is 2.45 bits per heavy atom. The van der Waals surface area contributed by atoms with Gasteiger partial charge in [0.05, 0.1) is 0 Å². The van der Waals surface area contributed by atoms with E-state index in [1.54, 1.807) is 16.4 Å². The molecule has 0 amide bonds. The first-order valence-electron chi connectivity index (χ1n) is 8.08. The largest absolute Gasteiger partial charge is 0.279 e. The van der Waals surface area contributed by atoms with E-state index in [1.807, 2.05) is 0 Å². The Labute approximate surface area is 131 Å². The molecule has 0 bridgehead atoms. The Morgan fingerprint density at radius 1 is 1.09 bits per heavy atom. The monoisotopic (exact) mass is 326 g/mol. The molecule has 0 spiro atoms. The van der Waals surface area contributed by atoms with Crippen LogP contribution in [0, 0.1) is 5.82 Å². The van der Waals surface area contributed by atoms with Gasteiger partial charge in [-0.1, -0.05) is 25.0 Å². The molecule has 1 aromatic carbocycles. The molecular weight excluding hydrogens is 303 g/mol. The van der Waals surface area contributed by atoms with E-state index in [2.05, 4.69) is 4.72 Å². The average molecular weight is 326 g/mol. The van der Waals surface area contributed by atoms with Crippen molar-refractivity contribution in [3.05, 3.63) is 35.6 Å². The van der Waals surface area contributed by atoms with Gasteiger partial charge < -0.3 is 0 Å². The van der Waals surface area contributed by atoms with Gasteiger partial charge in [-0.15, -0.1) is 0 Å². The van der Waals surface area contributed by atoms with Crippen LogP contribution in [-0.2, 0) is 16.6 Å². The van der Waals surface area contributed by atoms with Crippen molar-refractivity contribution in [1.29, 1.82) is 0 Å². The molecule has 1 saturated carbocycles. The van der Waals surface area contributed by atoms with E-state index in [0.29, 0.717) is 13.0 Å². The molecular formula is C16H23FN2O2S. The summed E-state index contributed by atoms with van der Waals surface area (Å²) in [6.07, 6.45) is 6.48. The van der Waals surface area contributed by atoms with Crippen LogP contribution in [0.4, 0.5) is 4.39 Å². The molecule has 3 rings (SSSR count). The highest BCUT2D eigenvalue weighted by atomic mass is 32.2. The molecule has 1 aromatic rings. The van der Waals surface area contributed by atoms with Crippen LogP contribution in [0.5, 0.6) is 0 Å². The topological polar surface area (TPSA) is 49.4 Å². The van der Waals surface area contributed by atoms with Gasteiger partial charge in [-0.2, -0.15) is 17.4 Å². The first-order chi connectivity index (χ1) is 10.5. The van der Waals surface area contributed by atoms with Crippen molar-refractivity contribution in [2.75, 3.05) is 6.54 Å². The van der Waals surface area contributed by atoms with Crippen LogP contribution in [-0.4, -0.2) is 31.4 Å². The van der Waals surface area contributed by atoms with Gasteiger partial charge in [0.25, 0.3) is 10.2 Å². The van der Waals surface area contributed by atoms with Crippen LogP contribution in [0.2, 0.25) is 0 Å². The van der Waals surface area contributed by atoms with Crippen molar-refractivity contribution in [2.45, 2.75) is 57.0 Å². The summed E-state index contributed by atoms with van der Waals surface area (Å²) in [6, 6.07) is 6.41. The highest BCUT2D eigenvalue weighted by Crippen LogP contribution is 2.26. The summed E-state index contributed by atoms with van der Waals surface area (Å²) in [5, 5.41) is 0. The number of hydrogen-bond acceptors (Lipinski definition) is 2. The molecule has 2 aliphatic rings. The average Bonchev–Trinajstić information content (AvgIpc) is 3.12. The summed E-state index contributed by atoms with van der Waals surface area (Å²) < 4.78 is 42.6. The minimum atomic E-state index is -3.41. The fourth-order valence-electron chi connectivity index (χ4n) is 3.54. The van der Waals surface area contributed by atoms with Crippen LogP contribution in [0.3, 0.4) is 0 Å². The second-order valence-corrected chi connectivity index (χ2v) is 8.00. The van der Waals surface area contributed by atoms with Gasteiger partial charge in [0.2, 0.25) is 0 Å². The quantitative estimate of drug-likeness (QED) is 0.904. The Hall–Kier alpha value is -0.980. The zero-order valence-corrected chi connectivity index (χ0v) is 13.5. The van der Waals surface area contributed by atoms with Crippen LogP contribution < -0.4 is 4.72 Å². The zero-order chi connectivity index (χ0) is 15.6. The second-order valence-electron chi connectivity index (χ2n) is 6.34. The highest BCUT2D eigenvalue weighted by Gasteiger charge is 2.35. The van der Waals surface area contributed by atoms with Crippen LogP contribution >= 0.6 is 0 Å². The van der Waals surface area contributed by atoms with Crippen molar-refractivity contribution >= 4 is 10.2 Å². The van der Waals surface area contributed by atoms with E-state index in [4.69, 9.17) is 0 Å². The molecule has 122 valence electrons. The fourth-order valence-corrected chi connectivity index (χ4v) is 5.28. The van der Waals surface area contributed by atoms with Crippen LogP contribution in [0.15, 0.2) is 24.3 Å². The Morgan fingerprint density at radius 2 is 1.77 bits per heavy atom. The van der Waals surface area contributed by atoms with Gasteiger partial charge in [-0.25, -0.2) is 4.39 Å². The molecule has 2 fully saturated rings. The maximum Gasteiger partial charge on any atom is 0.279 e. The third-order valence-corrected chi connectivity index (χ3v) is 6.42. The number of rotatable bonds is 5. The molecule has 0 aromatic heterocycles. The first kappa shape index (κ1) is 15.9. The lowest BCUT2D eigenvalue weighted by atomic mass is 10.0. The van der Waals surface area contributed by atoms with Crippen molar-refractivity contribution in [2.24, 2.45) is 0 Å². The summed E-state index contributed by atoms with van der Waals surface area (Å²) in [5.41, 5.74) is 0.981. The predicted molar refractivity (Wildman–Crippen MR) is 84.1 cm³/mol. The Bertz CT molecular complexity index is 597. The minimum absolute atomic E-state index is 0.0237. The maximum absolute atomic E-state index is 13.0. The molecule has 1 atom stereocenters. The molecule has 22 heavy (non-hydrogen) atoms. The van der Waals surface area contributed by atoms with Crippen LogP contribution in [0.1, 0.15) is 44.1 Å². The first-order valence-corrected chi connectivity index (χ1v) is 9.52. The summed E-state index contributed by atoms with van der Waals surface area (Å²) in [5.74, 6) is -0.262. The molecule has 6 heteroatoms. The van der Waals surface area contributed by atoms with E-state index in [1.165, 1.54) is 12.1 Å². The lowest BCUT2D eigenvalue weighted by Gasteiger charge is -2.26. The van der Waals surface area contributed by atoms with E-state index in [9.17, 15) is 12.8 Å². The summed E-state index contributed by atoms with van der Waals surface area (Å²) in [4.78, 5) is 0. The van der Waals surface area contributed by atoms with Crippen molar-refractivity contribution in [3.8, 4) is 0 Å². The zero-order valence-electron chi connectivity index (χ0n) is 12.7. The van der Waals surface area contributed by atoms with Gasteiger partial charge in [0.1, 0.15) is 5.82 Å². The highest BCUT2D eigenvalue weighted by molar-refractivity contribution is 7.87. The number of nitrogens with one attached hydrogen (secondary N) is 1. The van der Waals surface area contributed by atoms with Gasteiger partial charge in [0.15, 0.2) is 0 Å². The molecule has 1 heterocycles. The van der Waals surface area contributed by atoms with Gasteiger partial charge >= 0.3 is 0 Å². The van der Waals surface area contributed by atoms with Crippen LogP contribution in [0.25, 0.3) is 0 Å². The van der Waals surface area contributed by atoms with E-state index in [-0.39, 0.29) is 17.9 Å². The van der Waals surface area contributed by atoms with Gasteiger partial charge in [0, 0.05) is 18.6 Å². The minimum Gasteiger partial charge on any atom is -0.207 e. The number of hydrogen-bond donors (Lipinski definition) is 1. The number of nitrogens with zero attached hydrogens (tertiary/aromatic N) is 1. The number of halogens is 1. The third kappa shape index (κ3) is 3.67. The molecule has 1 aliphatic heterocycles. The third-order valence-electron chi connectivity index (χ3n) is 4.69. The molecule has 1 N–H and O–H groups in total. The summed E-state index contributed by atoms with van der Waals surface area (Å²) in [6.45, 7) is 0.577. The standard InChI is InChI=1S/C16H23FN2O2S/c17-14-9-7-13(8-10-14)12-16-6-3-11-19(16)22(20,21)18-15-4-1-2-5-15/h7-10,15-16,18H,1-6,11-12H2. The molecule has 0 radical (unpaired) electrons. The van der Waals surface area contributed by atoms with E-state index in [0.717, 1.165) is 44.1 Å². The SMILES string of the molecule is O=S(=O)(NC1CCCC1)N1CCCC1Cc1ccc(F)cc1. The summed E-state index contributed by atoms with van der Waals surface area (Å²) >= 11 is 0. The second kappa shape index (κ2) is 6.64. The maximum atomic E-state index is 13.0. The fraction of sp³-hybridized carbons (Fsp3) is 0.625. The van der Waals surface area contributed by atoms with Crippen molar-refractivity contribution < 1.29 is 12.8 Å². The molecule has 1 unspecified atom stereocenters. The lowest BCUT2D eigenvalue weighted by Crippen LogP contribution is -2.47. The molecule has 1 aliphatic carbocycles. The molecule has 1 saturated heterocycles. The van der Waals surface area contributed by atoms with Gasteiger partial charge in [-0.05, 0) is 49.8 Å². The van der Waals surface area contributed by atoms with Crippen molar-refractivity contribution in [1.82, 2.24) is 9.03 Å². The lowest BCUT2D eigenvalue weighted by molar-refractivity contribution is 0.373.